The Morgan fingerprint density at radius 2 is 2.18 bits per heavy atom. The largest absolute Gasteiger partial charge is 0.314 e. The summed E-state index contributed by atoms with van der Waals surface area (Å²) in [6.45, 7) is 1.10. The molecule has 1 N–H and O–H groups in total. The molecule has 1 atom stereocenters. The van der Waals surface area contributed by atoms with E-state index in [1.165, 1.54) is 19.3 Å². The first-order valence-electron chi connectivity index (χ1n) is 4.71. The van der Waals surface area contributed by atoms with Crippen molar-refractivity contribution in [3.05, 3.63) is 0 Å². The van der Waals surface area contributed by atoms with Gasteiger partial charge in [0.15, 0.2) is 0 Å². The molecule has 0 aromatic heterocycles. The van der Waals surface area contributed by atoms with Crippen molar-refractivity contribution in [2.75, 3.05) is 6.54 Å². The van der Waals surface area contributed by atoms with Gasteiger partial charge in [0.2, 0.25) is 0 Å². The predicted octanol–water partition coefficient (Wildman–Crippen LogP) is 2.02. The van der Waals surface area contributed by atoms with Crippen LogP contribution in [0.5, 0.6) is 0 Å². The van der Waals surface area contributed by atoms with E-state index >= 15 is 0 Å². The van der Waals surface area contributed by atoms with Crippen LogP contribution < -0.4 is 5.32 Å². The van der Waals surface area contributed by atoms with Gasteiger partial charge < -0.3 is 5.32 Å². The summed E-state index contributed by atoms with van der Waals surface area (Å²) in [6.07, 6.45) is 6.14. The van der Waals surface area contributed by atoms with Gasteiger partial charge in [0.1, 0.15) is 5.67 Å². The minimum Gasteiger partial charge on any atom is -0.314 e. The maximum absolute atomic E-state index is 13.2. The van der Waals surface area contributed by atoms with E-state index in [4.69, 9.17) is 0 Å². The van der Waals surface area contributed by atoms with Crippen LogP contribution in [0.15, 0.2) is 0 Å². The van der Waals surface area contributed by atoms with Crippen LogP contribution in [0.1, 0.15) is 38.5 Å². The van der Waals surface area contributed by atoms with E-state index in [0.717, 1.165) is 25.8 Å². The van der Waals surface area contributed by atoms with Gasteiger partial charge in [-0.25, -0.2) is 4.39 Å². The van der Waals surface area contributed by atoms with Crippen LogP contribution in [0.3, 0.4) is 0 Å². The van der Waals surface area contributed by atoms with Crippen molar-refractivity contribution >= 4 is 0 Å². The van der Waals surface area contributed by atoms with Crippen LogP contribution in [0.25, 0.3) is 0 Å². The summed E-state index contributed by atoms with van der Waals surface area (Å²) in [5.41, 5.74) is -0.755. The summed E-state index contributed by atoms with van der Waals surface area (Å²) >= 11 is 0. The molecule has 1 aliphatic carbocycles. The fraction of sp³-hybridized carbons (Fsp3) is 1.00. The Labute approximate surface area is 67.4 Å². The molecular weight excluding hydrogens is 141 g/mol. The standard InChI is InChI=1S/C9H16FN/c10-9(4-5-9)7-8-3-1-2-6-11-8/h8,11H,1-7H2. The van der Waals surface area contributed by atoms with Crippen LogP contribution in [0.2, 0.25) is 0 Å². The summed E-state index contributed by atoms with van der Waals surface area (Å²) in [6, 6.07) is 0.483. The van der Waals surface area contributed by atoms with Gasteiger partial charge in [-0.2, -0.15) is 0 Å². The lowest BCUT2D eigenvalue weighted by Gasteiger charge is -2.24. The number of alkyl halides is 1. The minimum atomic E-state index is -0.755. The van der Waals surface area contributed by atoms with Crippen molar-refractivity contribution in [3.8, 4) is 0 Å². The first-order valence-corrected chi connectivity index (χ1v) is 4.71. The molecule has 0 aromatic carbocycles. The normalized spacial score (nSPS) is 35.2. The van der Waals surface area contributed by atoms with Gasteiger partial charge in [-0.1, -0.05) is 6.42 Å². The molecule has 0 amide bonds. The fourth-order valence-corrected chi connectivity index (χ4v) is 1.88. The third-order valence-corrected chi connectivity index (χ3v) is 2.82. The maximum Gasteiger partial charge on any atom is 0.112 e. The number of nitrogens with one attached hydrogen (secondary N) is 1. The van der Waals surface area contributed by atoms with E-state index in [-0.39, 0.29) is 0 Å². The van der Waals surface area contributed by atoms with E-state index in [9.17, 15) is 4.39 Å². The molecule has 2 heteroatoms. The number of rotatable bonds is 2. The Morgan fingerprint density at radius 3 is 2.73 bits per heavy atom. The Balaban J connectivity index is 1.76. The second-order valence-corrected chi connectivity index (χ2v) is 4.00. The van der Waals surface area contributed by atoms with Gasteiger partial charge in [0, 0.05) is 6.04 Å². The molecule has 2 rings (SSSR count). The van der Waals surface area contributed by atoms with Crippen molar-refractivity contribution in [2.24, 2.45) is 0 Å². The van der Waals surface area contributed by atoms with Crippen molar-refractivity contribution in [1.82, 2.24) is 5.32 Å². The average molecular weight is 157 g/mol. The molecule has 2 aliphatic rings. The molecule has 0 spiro atoms. The van der Waals surface area contributed by atoms with E-state index in [1.54, 1.807) is 0 Å². The van der Waals surface area contributed by atoms with Gasteiger partial charge in [-0.05, 0) is 38.6 Å². The fourth-order valence-electron chi connectivity index (χ4n) is 1.88. The number of halogens is 1. The topological polar surface area (TPSA) is 12.0 Å². The molecule has 1 aliphatic heterocycles. The van der Waals surface area contributed by atoms with Gasteiger partial charge in [0.05, 0.1) is 0 Å². The number of hydrogen-bond donors (Lipinski definition) is 1. The minimum absolute atomic E-state index is 0.483. The van der Waals surface area contributed by atoms with Gasteiger partial charge in [-0.3, -0.25) is 0 Å². The second kappa shape index (κ2) is 2.74. The molecule has 64 valence electrons. The zero-order valence-electron chi connectivity index (χ0n) is 6.91. The van der Waals surface area contributed by atoms with Crippen molar-refractivity contribution in [1.29, 1.82) is 0 Å². The molecule has 11 heavy (non-hydrogen) atoms. The van der Waals surface area contributed by atoms with Gasteiger partial charge >= 0.3 is 0 Å². The van der Waals surface area contributed by atoms with E-state index in [2.05, 4.69) is 5.32 Å². The summed E-state index contributed by atoms with van der Waals surface area (Å²) in [7, 11) is 0. The zero-order chi connectivity index (χ0) is 7.73. The van der Waals surface area contributed by atoms with E-state index < -0.39 is 5.67 Å². The first-order chi connectivity index (χ1) is 5.29. The number of hydrogen-bond acceptors (Lipinski definition) is 1. The van der Waals surface area contributed by atoms with Crippen molar-refractivity contribution in [2.45, 2.75) is 50.2 Å². The average Bonchev–Trinajstić information content (AvgIpc) is 2.70. The summed E-state index contributed by atoms with van der Waals surface area (Å²) in [4.78, 5) is 0. The van der Waals surface area contributed by atoms with E-state index in [0.29, 0.717) is 6.04 Å². The molecule has 1 saturated carbocycles. The molecule has 0 aromatic rings. The third kappa shape index (κ3) is 1.92. The van der Waals surface area contributed by atoms with Crippen LogP contribution in [0, 0.1) is 0 Å². The highest BCUT2D eigenvalue weighted by atomic mass is 19.1. The quantitative estimate of drug-likeness (QED) is 0.646. The van der Waals surface area contributed by atoms with Gasteiger partial charge in [0.25, 0.3) is 0 Å². The molecule has 2 fully saturated rings. The van der Waals surface area contributed by atoms with Crippen LogP contribution in [-0.4, -0.2) is 18.3 Å². The molecule has 1 heterocycles. The SMILES string of the molecule is FC1(CC2CCCCN2)CC1. The lowest BCUT2D eigenvalue weighted by atomic mass is 9.99. The molecular formula is C9H16FN. The first kappa shape index (κ1) is 7.53. The molecule has 0 radical (unpaired) electrons. The highest BCUT2D eigenvalue weighted by Gasteiger charge is 2.44. The van der Waals surface area contributed by atoms with Crippen LogP contribution >= 0.6 is 0 Å². The summed E-state index contributed by atoms with van der Waals surface area (Å²) in [5.74, 6) is 0. The third-order valence-electron chi connectivity index (χ3n) is 2.82. The second-order valence-electron chi connectivity index (χ2n) is 4.00. The highest BCUT2D eigenvalue weighted by Crippen LogP contribution is 2.44. The van der Waals surface area contributed by atoms with Crippen LogP contribution in [0.4, 0.5) is 4.39 Å². The molecule has 0 bridgehead atoms. The number of piperidine rings is 1. The van der Waals surface area contributed by atoms with Crippen LogP contribution in [-0.2, 0) is 0 Å². The molecule has 1 unspecified atom stereocenters. The van der Waals surface area contributed by atoms with Crippen molar-refractivity contribution in [3.63, 3.8) is 0 Å². The monoisotopic (exact) mass is 157 g/mol. The molecule has 1 nitrogen and oxygen atoms in total. The Morgan fingerprint density at radius 1 is 1.36 bits per heavy atom. The highest BCUT2D eigenvalue weighted by molar-refractivity contribution is 4.97. The van der Waals surface area contributed by atoms with E-state index in [1.807, 2.05) is 0 Å². The lowest BCUT2D eigenvalue weighted by molar-refractivity contribution is 0.237. The Kier molecular flexibility index (Phi) is 1.88. The predicted molar refractivity (Wildman–Crippen MR) is 43.3 cm³/mol. The Bertz CT molecular complexity index is 136. The summed E-state index contributed by atoms with van der Waals surface area (Å²) in [5, 5.41) is 3.38. The molecule has 1 saturated heterocycles. The maximum atomic E-state index is 13.2. The van der Waals surface area contributed by atoms with Gasteiger partial charge in [-0.15, -0.1) is 0 Å². The zero-order valence-corrected chi connectivity index (χ0v) is 6.91. The summed E-state index contributed by atoms with van der Waals surface area (Å²) < 4.78 is 13.2. The lowest BCUT2D eigenvalue weighted by Crippen LogP contribution is -2.36. The van der Waals surface area contributed by atoms with Crippen molar-refractivity contribution < 1.29 is 4.39 Å². The smallest absolute Gasteiger partial charge is 0.112 e. The Hall–Kier alpha value is -0.110.